The Balaban J connectivity index is 1.28. The minimum absolute atomic E-state index is 0.0687. The highest BCUT2D eigenvalue weighted by atomic mass is 16.5. The fraction of sp³-hybridized carbons (Fsp3) is 0.923. The van der Waals surface area contributed by atoms with E-state index >= 15 is 0 Å². The largest absolute Gasteiger partial charge is 0.461 e. The molecule has 2 aliphatic carbocycles. The van der Waals surface area contributed by atoms with Gasteiger partial charge in [-0.1, -0.05) is 0 Å². The molecule has 0 amide bonds. The number of hydrogen-bond acceptors (Lipinski definition) is 4. The third kappa shape index (κ3) is 2.63. The number of ether oxygens (including phenoxy) is 1. The molecule has 2 saturated carbocycles. The first kappa shape index (κ1) is 11.5. The maximum atomic E-state index is 11.6. The second kappa shape index (κ2) is 4.94. The predicted molar refractivity (Wildman–Crippen MR) is 64.6 cm³/mol. The van der Waals surface area contributed by atoms with Gasteiger partial charge >= 0.3 is 5.97 Å². The number of hydrogen-bond donors (Lipinski definition) is 2. The summed E-state index contributed by atoms with van der Waals surface area (Å²) in [5.41, 5.74) is 0. The highest BCUT2D eigenvalue weighted by molar-refractivity contribution is 5.71. The van der Waals surface area contributed by atoms with Crippen molar-refractivity contribution < 1.29 is 9.53 Å². The van der Waals surface area contributed by atoms with E-state index in [1.807, 2.05) is 0 Å². The standard InChI is InChI=1S/C13H22N2O2/c16-13(17-9-3-1-2-4-9)8-15-7-12-10-5-14-6-11(10)12/h9-12,14-15H,1-8H2. The van der Waals surface area contributed by atoms with Crippen molar-refractivity contribution in [3.05, 3.63) is 0 Å². The molecule has 17 heavy (non-hydrogen) atoms. The van der Waals surface area contributed by atoms with Gasteiger partial charge < -0.3 is 15.4 Å². The van der Waals surface area contributed by atoms with Gasteiger partial charge in [0, 0.05) is 0 Å². The van der Waals surface area contributed by atoms with Crippen LogP contribution < -0.4 is 10.6 Å². The van der Waals surface area contributed by atoms with Crippen LogP contribution in [0, 0.1) is 17.8 Å². The van der Waals surface area contributed by atoms with Crippen LogP contribution in [-0.4, -0.2) is 38.3 Å². The van der Waals surface area contributed by atoms with Gasteiger partial charge in [-0.3, -0.25) is 4.79 Å². The predicted octanol–water partition coefficient (Wildman–Crippen LogP) is 0.527. The quantitative estimate of drug-likeness (QED) is 0.686. The number of esters is 1. The molecule has 0 bridgehead atoms. The topological polar surface area (TPSA) is 50.4 Å². The molecule has 3 aliphatic rings. The van der Waals surface area contributed by atoms with Crippen LogP contribution in [0.2, 0.25) is 0 Å². The Morgan fingerprint density at radius 3 is 2.65 bits per heavy atom. The van der Waals surface area contributed by atoms with E-state index in [2.05, 4.69) is 10.6 Å². The zero-order chi connectivity index (χ0) is 11.7. The van der Waals surface area contributed by atoms with Crippen LogP contribution in [0.1, 0.15) is 25.7 Å². The molecule has 0 aromatic heterocycles. The Bertz CT molecular complexity index is 279. The van der Waals surface area contributed by atoms with Crippen LogP contribution in [-0.2, 0) is 9.53 Å². The molecular formula is C13H22N2O2. The highest BCUT2D eigenvalue weighted by Gasteiger charge is 2.51. The average Bonchev–Trinajstić information content (AvgIpc) is 2.80. The molecule has 2 N–H and O–H groups in total. The van der Waals surface area contributed by atoms with E-state index in [0.717, 1.165) is 37.1 Å². The van der Waals surface area contributed by atoms with Crippen molar-refractivity contribution in [3.63, 3.8) is 0 Å². The van der Waals surface area contributed by atoms with Gasteiger partial charge in [0.15, 0.2) is 0 Å². The molecule has 1 aliphatic heterocycles. The van der Waals surface area contributed by atoms with Gasteiger partial charge in [-0.15, -0.1) is 0 Å². The zero-order valence-corrected chi connectivity index (χ0v) is 10.3. The molecule has 3 fully saturated rings. The number of nitrogens with one attached hydrogen (secondary N) is 2. The summed E-state index contributed by atoms with van der Waals surface area (Å²) in [6.45, 7) is 3.71. The van der Waals surface area contributed by atoms with E-state index in [4.69, 9.17) is 4.74 Å². The van der Waals surface area contributed by atoms with Crippen molar-refractivity contribution in [1.82, 2.24) is 10.6 Å². The molecular weight excluding hydrogens is 216 g/mol. The second-order valence-electron chi connectivity index (χ2n) is 5.68. The van der Waals surface area contributed by atoms with Crippen molar-refractivity contribution in [3.8, 4) is 0 Å². The fourth-order valence-electron chi connectivity index (χ4n) is 3.42. The SMILES string of the molecule is O=C(CNCC1C2CNCC12)OC1CCCC1. The van der Waals surface area contributed by atoms with Crippen LogP contribution in [0.4, 0.5) is 0 Å². The highest BCUT2D eigenvalue weighted by Crippen LogP contribution is 2.47. The van der Waals surface area contributed by atoms with Crippen molar-refractivity contribution >= 4 is 5.97 Å². The molecule has 2 atom stereocenters. The van der Waals surface area contributed by atoms with Gasteiger partial charge in [-0.25, -0.2) is 0 Å². The van der Waals surface area contributed by atoms with Gasteiger partial charge in [-0.2, -0.15) is 0 Å². The molecule has 96 valence electrons. The summed E-state index contributed by atoms with van der Waals surface area (Å²) in [6, 6.07) is 0. The molecule has 2 unspecified atom stereocenters. The maximum Gasteiger partial charge on any atom is 0.320 e. The summed E-state index contributed by atoms with van der Waals surface area (Å²) in [5, 5.41) is 6.63. The normalized spacial score (nSPS) is 35.9. The van der Waals surface area contributed by atoms with Crippen LogP contribution in [0.3, 0.4) is 0 Å². The Labute approximate surface area is 102 Å². The van der Waals surface area contributed by atoms with E-state index < -0.39 is 0 Å². The van der Waals surface area contributed by atoms with Gasteiger partial charge in [0.2, 0.25) is 0 Å². The lowest BCUT2D eigenvalue weighted by Crippen LogP contribution is -2.30. The minimum atomic E-state index is -0.0687. The van der Waals surface area contributed by atoms with E-state index in [1.165, 1.54) is 25.9 Å². The van der Waals surface area contributed by atoms with E-state index in [-0.39, 0.29) is 12.1 Å². The fourth-order valence-corrected chi connectivity index (χ4v) is 3.42. The second-order valence-corrected chi connectivity index (χ2v) is 5.68. The molecule has 1 heterocycles. The third-order valence-electron chi connectivity index (χ3n) is 4.52. The van der Waals surface area contributed by atoms with Gasteiger partial charge in [0.05, 0.1) is 6.54 Å². The molecule has 4 heteroatoms. The van der Waals surface area contributed by atoms with Gasteiger partial charge in [0.1, 0.15) is 6.10 Å². The average molecular weight is 238 g/mol. The first-order chi connectivity index (χ1) is 8.34. The van der Waals surface area contributed by atoms with Gasteiger partial charge in [-0.05, 0) is 63.1 Å². The third-order valence-corrected chi connectivity index (χ3v) is 4.52. The first-order valence-corrected chi connectivity index (χ1v) is 6.95. The molecule has 0 aromatic carbocycles. The van der Waals surface area contributed by atoms with Crippen molar-refractivity contribution in [1.29, 1.82) is 0 Å². The van der Waals surface area contributed by atoms with Crippen LogP contribution in [0.25, 0.3) is 0 Å². The Hall–Kier alpha value is -0.610. The molecule has 3 rings (SSSR count). The summed E-state index contributed by atoms with van der Waals surface area (Å²) >= 11 is 0. The Kier molecular flexibility index (Phi) is 3.34. The van der Waals surface area contributed by atoms with Crippen LogP contribution >= 0.6 is 0 Å². The van der Waals surface area contributed by atoms with Crippen LogP contribution in [0.15, 0.2) is 0 Å². The van der Waals surface area contributed by atoms with Crippen molar-refractivity contribution in [2.24, 2.45) is 17.8 Å². The van der Waals surface area contributed by atoms with Gasteiger partial charge in [0.25, 0.3) is 0 Å². The smallest absolute Gasteiger partial charge is 0.320 e. The lowest BCUT2D eigenvalue weighted by molar-refractivity contribution is -0.147. The summed E-state index contributed by atoms with van der Waals surface area (Å²) in [4.78, 5) is 11.6. The van der Waals surface area contributed by atoms with E-state index in [9.17, 15) is 4.79 Å². The summed E-state index contributed by atoms with van der Waals surface area (Å²) in [6.07, 6.45) is 4.75. The maximum absolute atomic E-state index is 11.6. The Morgan fingerprint density at radius 1 is 1.24 bits per heavy atom. The lowest BCUT2D eigenvalue weighted by Gasteiger charge is -2.12. The minimum Gasteiger partial charge on any atom is -0.461 e. The number of piperidine rings is 1. The zero-order valence-electron chi connectivity index (χ0n) is 10.3. The molecule has 1 saturated heterocycles. The number of fused-ring (bicyclic) bond motifs is 1. The van der Waals surface area contributed by atoms with E-state index in [1.54, 1.807) is 0 Å². The van der Waals surface area contributed by atoms with Crippen molar-refractivity contribution in [2.75, 3.05) is 26.2 Å². The first-order valence-electron chi connectivity index (χ1n) is 6.95. The van der Waals surface area contributed by atoms with Crippen molar-refractivity contribution in [2.45, 2.75) is 31.8 Å². The van der Waals surface area contributed by atoms with E-state index in [0.29, 0.717) is 6.54 Å². The monoisotopic (exact) mass is 238 g/mol. The molecule has 0 radical (unpaired) electrons. The Morgan fingerprint density at radius 2 is 1.94 bits per heavy atom. The summed E-state index contributed by atoms with van der Waals surface area (Å²) in [7, 11) is 0. The number of carbonyl (C=O) groups is 1. The molecule has 0 spiro atoms. The van der Waals surface area contributed by atoms with Crippen LogP contribution in [0.5, 0.6) is 0 Å². The summed E-state index contributed by atoms with van der Waals surface area (Å²) < 4.78 is 5.39. The number of carbonyl (C=O) groups excluding carboxylic acids is 1. The lowest BCUT2D eigenvalue weighted by atomic mass is 10.3. The number of rotatable bonds is 5. The summed E-state index contributed by atoms with van der Waals surface area (Å²) in [5.74, 6) is 2.47. The molecule has 4 nitrogen and oxygen atoms in total. The molecule has 0 aromatic rings.